The number of thiazole rings is 1. The van der Waals surface area contributed by atoms with E-state index in [0.29, 0.717) is 12.3 Å². The molecule has 6 nitrogen and oxygen atoms in total. The van der Waals surface area contributed by atoms with Crippen molar-refractivity contribution in [2.24, 2.45) is 0 Å². The van der Waals surface area contributed by atoms with Crippen molar-refractivity contribution in [3.05, 3.63) is 53.3 Å². The monoisotopic (exact) mass is 287 g/mol. The Hall–Kier alpha value is -2.54. The van der Waals surface area contributed by atoms with Crippen LogP contribution in [0.5, 0.6) is 0 Å². The van der Waals surface area contributed by atoms with Gasteiger partial charge in [0.2, 0.25) is 0 Å². The van der Waals surface area contributed by atoms with Gasteiger partial charge in [-0.25, -0.2) is 14.8 Å². The van der Waals surface area contributed by atoms with Crippen LogP contribution in [0.4, 0.5) is 0 Å². The highest BCUT2D eigenvalue weighted by Crippen LogP contribution is 2.19. The third-order valence-electron chi connectivity index (χ3n) is 2.60. The molecule has 0 unspecified atom stereocenters. The number of aromatic nitrogens is 3. The van der Waals surface area contributed by atoms with Crippen molar-refractivity contribution in [3.63, 3.8) is 0 Å². The number of carboxylic acids is 1. The molecule has 0 fully saturated rings. The summed E-state index contributed by atoms with van der Waals surface area (Å²) in [7, 11) is 0. The first-order valence-electron chi connectivity index (χ1n) is 5.75. The fourth-order valence-electron chi connectivity index (χ4n) is 1.67. The van der Waals surface area contributed by atoms with Gasteiger partial charge in [0.1, 0.15) is 11.3 Å². The highest BCUT2D eigenvalue weighted by atomic mass is 32.1. The lowest BCUT2D eigenvalue weighted by Gasteiger charge is -1.99. The van der Waals surface area contributed by atoms with Crippen LogP contribution < -0.4 is 0 Å². The maximum atomic E-state index is 10.7. The molecule has 0 bridgehead atoms. The number of carbonyl (C=O) groups is 1. The highest BCUT2D eigenvalue weighted by molar-refractivity contribution is 7.13. The van der Waals surface area contributed by atoms with Gasteiger partial charge < -0.3 is 9.52 Å². The van der Waals surface area contributed by atoms with E-state index in [0.717, 1.165) is 22.5 Å². The number of pyridine rings is 1. The molecule has 0 spiro atoms. The Balaban J connectivity index is 1.76. The van der Waals surface area contributed by atoms with Crippen LogP contribution in [-0.4, -0.2) is 26.0 Å². The van der Waals surface area contributed by atoms with E-state index in [4.69, 9.17) is 9.52 Å². The largest absolute Gasteiger partial charge is 0.476 e. The molecule has 0 aliphatic carbocycles. The van der Waals surface area contributed by atoms with E-state index in [2.05, 4.69) is 15.0 Å². The molecule has 0 atom stereocenters. The lowest BCUT2D eigenvalue weighted by atomic mass is 10.2. The van der Waals surface area contributed by atoms with Crippen molar-refractivity contribution in [2.45, 2.75) is 6.42 Å². The predicted molar refractivity (Wildman–Crippen MR) is 71.6 cm³/mol. The fraction of sp³-hybridized carbons (Fsp3) is 0.0769. The fourth-order valence-corrected chi connectivity index (χ4v) is 2.28. The Bertz CT molecular complexity index is 720. The van der Waals surface area contributed by atoms with Gasteiger partial charge >= 0.3 is 5.97 Å². The molecular weight excluding hydrogens is 278 g/mol. The number of hydrogen-bond acceptors (Lipinski definition) is 6. The van der Waals surface area contributed by atoms with Crippen LogP contribution in [0.2, 0.25) is 0 Å². The first-order chi connectivity index (χ1) is 9.72. The molecule has 0 radical (unpaired) electrons. The SMILES string of the molecule is O=C(O)c1coc(Cc2ccc(-c3nccs3)nc2)n1. The average molecular weight is 287 g/mol. The summed E-state index contributed by atoms with van der Waals surface area (Å²) in [5, 5.41) is 11.5. The molecule has 0 aliphatic rings. The summed E-state index contributed by atoms with van der Waals surface area (Å²) in [6.07, 6.45) is 4.98. The molecule has 3 aromatic heterocycles. The van der Waals surface area contributed by atoms with Gasteiger partial charge in [0.25, 0.3) is 0 Å². The maximum absolute atomic E-state index is 10.7. The number of hydrogen-bond donors (Lipinski definition) is 1. The van der Waals surface area contributed by atoms with Crippen molar-refractivity contribution < 1.29 is 14.3 Å². The maximum Gasteiger partial charge on any atom is 0.357 e. The second kappa shape index (κ2) is 5.22. The van der Waals surface area contributed by atoms with Gasteiger partial charge in [-0.05, 0) is 11.6 Å². The van der Waals surface area contributed by atoms with Gasteiger partial charge in [-0.3, -0.25) is 4.98 Å². The second-order valence-electron chi connectivity index (χ2n) is 4.00. The molecule has 0 saturated heterocycles. The molecule has 0 amide bonds. The number of rotatable bonds is 4. The van der Waals surface area contributed by atoms with E-state index in [-0.39, 0.29) is 5.69 Å². The molecule has 0 saturated carbocycles. The summed E-state index contributed by atoms with van der Waals surface area (Å²) in [4.78, 5) is 23.1. The minimum Gasteiger partial charge on any atom is -0.476 e. The topological polar surface area (TPSA) is 89.1 Å². The van der Waals surface area contributed by atoms with E-state index in [1.165, 1.54) is 11.3 Å². The zero-order valence-electron chi connectivity index (χ0n) is 10.2. The third kappa shape index (κ3) is 2.57. The second-order valence-corrected chi connectivity index (χ2v) is 4.89. The molecule has 20 heavy (non-hydrogen) atoms. The molecule has 3 rings (SSSR count). The molecule has 100 valence electrons. The molecule has 0 aromatic carbocycles. The van der Waals surface area contributed by atoms with Gasteiger partial charge in [-0.2, -0.15) is 0 Å². The van der Waals surface area contributed by atoms with E-state index in [9.17, 15) is 4.79 Å². The van der Waals surface area contributed by atoms with Crippen LogP contribution in [0, 0.1) is 0 Å². The molecule has 0 aliphatic heterocycles. The predicted octanol–water partition coefficient (Wildman–Crippen LogP) is 2.48. The number of oxazole rings is 1. The summed E-state index contributed by atoms with van der Waals surface area (Å²) in [5.74, 6) is -0.747. The zero-order valence-corrected chi connectivity index (χ0v) is 11.0. The molecule has 7 heteroatoms. The third-order valence-corrected chi connectivity index (χ3v) is 3.40. The lowest BCUT2D eigenvalue weighted by Crippen LogP contribution is -1.97. The number of carboxylic acid groups (broad SMARTS) is 1. The minimum absolute atomic E-state index is 0.0904. The van der Waals surface area contributed by atoms with Crippen LogP contribution in [0.1, 0.15) is 21.9 Å². The Morgan fingerprint density at radius 3 is 2.85 bits per heavy atom. The van der Waals surface area contributed by atoms with Crippen molar-refractivity contribution >= 4 is 17.3 Å². The van der Waals surface area contributed by atoms with Crippen molar-refractivity contribution in [1.29, 1.82) is 0 Å². The van der Waals surface area contributed by atoms with Crippen LogP contribution in [0.25, 0.3) is 10.7 Å². The summed E-state index contributed by atoms with van der Waals surface area (Å²) in [5.41, 5.74) is 1.61. The quantitative estimate of drug-likeness (QED) is 0.793. The van der Waals surface area contributed by atoms with E-state index in [1.807, 2.05) is 17.5 Å². The van der Waals surface area contributed by atoms with E-state index in [1.54, 1.807) is 12.4 Å². The van der Waals surface area contributed by atoms with Crippen LogP contribution in [-0.2, 0) is 6.42 Å². The first-order valence-corrected chi connectivity index (χ1v) is 6.63. The van der Waals surface area contributed by atoms with E-state index >= 15 is 0 Å². The average Bonchev–Trinajstić information content (AvgIpc) is 3.10. The number of nitrogens with zero attached hydrogens (tertiary/aromatic N) is 3. The Labute approximate surface area is 117 Å². The Morgan fingerprint density at radius 1 is 1.35 bits per heavy atom. The standard InChI is InChI=1S/C13H9N3O3S/c17-13(18)10-7-19-11(16-10)5-8-1-2-9(15-6-8)12-14-3-4-20-12/h1-4,6-7H,5H2,(H,17,18). The Morgan fingerprint density at radius 2 is 2.25 bits per heavy atom. The Kier molecular flexibility index (Phi) is 3.26. The smallest absolute Gasteiger partial charge is 0.357 e. The lowest BCUT2D eigenvalue weighted by molar-refractivity contribution is 0.0690. The zero-order chi connectivity index (χ0) is 13.9. The van der Waals surface area contributed by atoms with Crippen LogP contribution in [0.3, 0.4) is 0 Å². The van der Waals surface area contributed by atoms with Gasteiger partial charge in [0, 0.05) is 17.8 Å². The number of aromatic carboxylic acids is 1. The van der Waals surface area contributed by atoms with Gasteiger partial charge in [0.15, 0.2) is 11.6 Å². The normalized spacial score (nSPS) is 10.6. The highest BCUT2D eigenvalue weighted by Gasteiger charge is 2.11. The van der Waals surface area contributed by atoms with Gasteiger partial charge in [-0.15, -0.1) is 11.3 Å². The van der Waals surface area contributed by atoms with Crippen molar-refractivity contribution in [2.75, 3.05) is 0 Å². The van der Waals surface area contributed by atoms with Crippen molar-refractivity contribution in [3.8, 4) is 10.7 Å². The molecule has 3 heterocycles. The molecule has 3 aromatic rings. The minimum atomic E-state index is -1.10. The molecular formula is C13H9N3O3S. The van der Waals surface area contributed by atoms with Crippen molar-refractivity contribution in [1.82, 2.24) is 15.0 Å². The molecule has 1 N–H and O–H groups in total. The first kappa shape index (κ1) is 12.5. The summed E-state index contributed by atoms with van der Waals surface area (Å²) in [6.45, 7) is 0. The van der Waals surface area contributed by atoms with Crippen LogP contribution in [0.15, 0.2) is 40.6 Å². The van der Waals surface area contributed by atoms with E-state index < -0.39 is 5.97 Å². The van der Waals surface area contributed by atoms with Gasteiger partial charge in [-0.1, -0.05) is 6.07 Å². The summed E-state index contributed by atoms with van der Waals surface area (Å²) < 4.78 is 5.10. The van der Waals surface area contributed by atoms with Gasteiger partial charge in [0.05, 0.1) is 12.1 Å². The summed E-state index contributed by atoms with van der Waals surface area (Å²) >= 11 is 1.52. The van der Waals surface area contributed by atoms with Crippen LogP contribution >= 0.6 is 11.3 Å². The summed E-state index contributed by atoms with van der Waals surface area (Å²) in [6, 6.07) is 3.77.